The molecule has 0 aromatic carbocycles. The number of halogens is 1. The molecule has 0 atom stereocenters. The number of nitrogens with one attached hydrogen (secondary N) is 1. The first-order valence-electron chi connectivity index (χ1n) is 6.42. The van der Waals surface area contributed by atoms with Crippen molar-refractivity contribution in [3.63, 3.8) is 0 Å². The Bertz CT molecular complexity index is 643. The van der Waals surface area contributed by atoms with Crippen LogP contribution in [0.15, 0.2) is 15.6 Å². The van der Waals surface area contributed by atoms with Crippen molar-refractivity contribution < 1.29 is 5.11 Å². The predicted octanol–water partition coefficient (Wildman–Crippen LogP) is 1.43. The van der Waals surface area contributed by atoms with Crippen LogP contribution in [0.5, 0.6) is 0 Å². The molecule has 0 saturated heterocycles. The first-order valence-corrected chi connectivity index (χ1v) is 7.22. The zero-order valence-electron chi connectivity index (χ0n) is 10.3. The quantitative estimate of drug-likeness (QED) is 0.874. The van der Waals surface area contributed by atoms with Crippen LogP contribution in [0.4, 0.5) is 0 Å². The highest BCUT2D eigenvalue weighted by Gasteiger charge is 2.21. The van der Waals surface area contributed by atoms with Crippen LogP contribution in [0.1, 0.15) is 25.7 Å². The summed E-state index contributed by atoms with van der Waals surface area (Å²) in [5, 5.41) is 9.51. The summed E-state index contributed by atoms with van der Waals surface area (Å²) >= 11 is 3.27. The van der Waals surface area contributed by atoms with Crippen molar-refractivity contribution >= 4 is 27.2 Å². The molecular weight excluding hydrogens is 312 g/mol. The smallest absolute Gasteiger partial charge is 0.328 e. The second-order valence-corrected chi connectivity index (χ2v) is 5.89. The van der Waals surface area contributed by atoms with Crippen molar-refractivity contribution in [3.05, 3.63) is 21.3 Å². The third-order valence-electron chi connectivity index (χ3n) is 3.71. The fraction of sp³-hybridized carbons (Fsp3) is 0.583. The number of fused-ring (bicyclic) bond motifs is 1. The Morgan fingerprint density at radius 2 is 2.16 bits per heavy atom. The molecule has 2 heterocycles. The van der Waals surface area contributed by atoms with Gasteiger partial charge in [0.05, 0.1) is 12.3 Å². The molecule has 6 nitrogen and oxygen atoms in total. The molecule has 0 amide bonds. The lowest BCUT2D eigenvalue weighted by Gasteiger charge is -2.25. The number of aliphatic hydroxyl groups is 1. The molecule has 102 valence electrons. The van der Waals surface area contributed by atoms with Crippen LogP contribution in [-0.2, 0) is 6.54 Å². The molecule has 2 N–H and O–H groups in total. The molecule has 0 radical (unpaired) electrons. The minimum atomic E-state index is -0.176. The van der Waals surface area contributed by atoms with E-state index in [4.69, 9.17) is 0 Å². The molecule has 0 aliphatic heterocycles. The van der Waals surface area contributed by atoms with Crippen LogP contribution in [0.3, 0.4) is 0 Å². The van der Waals surface area contributed by atoms with Gasteiger partial charge in [0, 0.05) is 6.54 Å². The van der Waals surface area contributed by atoms with Gasteiger partial charge in [-0.1, -0.05) is 0 Å². The molecule has 1 aliphatic carbocycles. The van der Waals surface area contributed by atoms with Crippen molar-refractivity contribution in [2.75, 3.05) is 0 Å². The Labute approximate surface area is 118 Å². The van der Waals surface area contributed by atoms with Crippen molar-refractivity contribution in [2.45, 2.75) is 38.3 Å². The molecule has 7 heteroatoms. The highest BCUT2D eigenvalue weighted by molar-refractivity contribution is 9.10. The van der Waals surface area contributed by atoms with E-state index < -0.39 is 0 Å². The number of H-pyrrole nitrogens is 1. The summed E-state index contributed by atoms with van der Waals surface area (Å²) in [6, 6.07) is 0. The van der Waals surface area contributed by atoms with Gasteiger partial charge in [0.25, 0.3) is 0 Å². The minimum Gasteiger partial charge on any atom is -0.393 e. The molecule has 2 aromatic rings. The lowest BCUT2D eigenvalue weighted by molar-refractivity contribution is 0.104. The van der Waals surface area contributed by atoms with Gasteiger partial charge >= 0.3 is 5.69 Å². The Kier molecular flexibility index (Phi) is 3.40. The summed E-state index contributed by atoms with van der Waals surface area (Å²) in [4.78, 5) is 23.1. The van der Waals surface area contributed by atoms with E-state index in [0.29, 0.717) is 28.4 Å². The third kappa shape index (κ3) is 2.57. The zero-order chi connectivity index (χ0) is 13.4. The van der Waals surface area contributed by atoms with Gasteiger partial charge in [0.15, 0.2) is 11.3 Å². The largest absolute Gasteiger partial charge is 0.393 e. The predicted molar refractivity (Wildman–Crippen MR) is 73.8 cm³/mol. The van der Waals surface area contributed by atoms with Crippen LogP contribution < -0.4 is 5.69 Å². The summed E-state index contributed by atoms with van der Waals surface area (Å²) in [6.45, 7) is 0.636. The SMILES string of the molecule is O=c1[nH]c2ncc(Br)nc2n1C[C@H]1CC[C@H](O)CC1. The maximum absolute atomic E-state index is 12.0. The Balaban J connectivity index is 1.90. The van der Waals surface area contributed by atoms with E-state index in [2.05, 4.69) is 30.9 Å². The van der Waals surface area contributed by atoms with E-state index in [1.54, 1.807) is 10.8 Å². The van der Waals surface area contributed by atoms with Crippen LogP contribution in [0, 0.1) is 5.92 Å². The van der Waals surface area contributed by atoms with E-state index in [9.17, 15) is 9.90 Å². The third-order valence-corrected chi connectivity index (χ3v) is 4.09. The number of imidazole rings is 1. The fourth-order valence-electron chi connectivity index (χ4n) is 2.65. The molecule has 1 fully saturated rings. The van der Waals surface area contributed by atoms with Crippen LogP contribution in [0.25, 0.3) is 11.3 Å². The maximum atomic E-state index is 12.0. The Hall–Kier alpha value is -1.21. The number of aliphatic hydroxyl groups excluding tert-OH is 1. The molecule has 0 spiro atoms. The van der Waals surface area contributed by atoms with Crippen molar-refractivity contribution in [1.82, 2.24) is 19.5 Å². The van der Waals surface area contributed by atoms with E-state index in [0.717, 1.165) is 25.7 Å². The van der Waals surface area contributed by atoms with Gasteiger partial charge in [-0.15, -0.1) is 0 Å². The standard InChI is InChI=1S/C12H15BrN4O2/c13-9-5-14-10-11(15-9)17(12(19)16-10)6-7-1-3-8(18)4-2-7/h5,7-8,18H,1-4,6H2,(H,14,16,19)/t7-,8-. The van der Waals surface area contributed by atoms with Crippen LogP contribution in [-0.4, -0.2) is 30.7 Å². The first-order chi connectivity index (χ1) is 9.13. The van der Waals surface area contributed by atoms with Crippen LogP contribution >= 0.6 is 15.9 Å². The van der Waals surface area contributed by atoms with E-state index in [1.807, 2.05) is 0 Å². The van der Waals surface area contributed by atoms with Gasteiger partial charge in [-0.2, -0.15) is 0 Å². The molecule has 1 aliphatic rings. The molecule has 0 unspecified atom stereocenters. The van der Waals surface area contributed by atoms with Gasteiger partial charge in [0.2, 0.25) is 0 Å². The average Bonchev–Trinajstić information content (AvgIpc) is 2.69. The number of hydrogen-bond acceptors (Lipinski definition) is 4. The highest BCUT2D eigenvalue weighted by atomic mass is 79.9. The number of aromatic nitrogens is 4. The summed E-state index contributed by atoms with van der Waals surface area (Å²) in [5.74, 6) is 0.417. The summed E-state index contributed by atoms with van der Waals surface area (Å²) in [5.41, 5.74) is 0.939. The second-order valence-electron chi connectivity index (χ2n) is 5.08. The molecule has 2 aromatic heterocycles. The zero-order valence-corrected chi connectivity index (χ0v) is 11.9. The lowest BCUT2D eigenvalue weighted by Crippen LogP contribution is -2.26. The van der Waals surface area contributed by atoms with Gasteiger partial charge in [-0.05, 0) is 47.5 Å². The van der Waals surface area contributed by atoms with Crippen LogP contribution in [0.2, 0.25) is 0 Å². The van der Waals surface area contributed by atoms with E-state index in [1.165, 1.54) is 0 Å². The average molecular weight is 327 g/mol. The van der Waals surface area contributed by atoms with E-state index >= 15 is 0 Å². The topological polar surface area (TPSA) is 83.8 Å². The maximum Gasteiger partial charge on any atom is 0.328 e. The Morgan fingerprint density at radius 3 is 2.89 bits per heavy atom. The molecule has 0 bridgehead atoms. The monoisotopic (exact) mass is 326 g/mol. The second kappa shape index (κ2) is 5.05. The fourth-order valence-corrected chi connectivity index (χ4v) is 2.93. The van der Waals surface area contributed by atoms with Gasteiger partial charge in [0.1, 0.15) is 4.60 Å². The first kappa shape index (κ1) is 12.8. The van der Waals surface area contributed by atoms with Crippen molar-refractivity contribution in [1.29, 1.82) is 0 Å². The van der Waals surface area contributed by atoms with Gasteiger partial charge in [-0.25, -0.2) is 14.8 Å². The number of nitrogens with zero attached hydrogens (tertiary/aromatic N) is 3. The number of rotatable bonds is 2. The van der Waals surface area contributed by atoms with Crippen molar-refractivity contribution in [3.8, 4) is 0 Å². The van der Waals surface area contributed by atoms with Gasteiger partial charge < -0.3 is 5.11 Å². The lowest BCUT2D eigenvalue weighted by atomic mass is 9.87. The molecule has 19 heavy (non-hydrogen) atoms. The van der Waals surface area contributed by atoms with Gasteiger partial charge in [-0.3, -0.25) is 9.55 Å². The summed E-state index contributed by atoms with van der Waals surface area (Å²) in [7, 11) is 0. The minimum absolute atomic E-state index is 0.167. The normalized spacial score (nSPS) is 23.9. The molecule has 3 rings (SSSR count). The number of hydrogen-bond donors (Lipinski definition) is 2. The molecular formula is C12H15BrN4O2. The van der Waals surface area contributed by atoms with E-state index in [-0.39, 0.29) is 11.8 Å². The summed E-state index contributed by atoms with van der Waals surface area (Å²) in [6.07, 6.45) is 4.92. The summed E-state index contributed by atoms with van der Waals surface area (Å²) < 4.78 is 2.27. The highest BCUT2D eigenvalue weighted by Crippen LogP contribution is 2.25. The van der Waals surface area contributed by atoms with Crippen molar-refractivity contribution in [2.24, 2.45) is 5.92 Å². The number of aromatic amines is 1. The molecule has 1 saturated carbocycles. The Morgan fingerprint density at radius 1 is 1.42 bits per heavy atom.